The van der Waals surface area contributed by atoms with Crippen LogP contribution in [0.25, 0.3) is 11.0 Å². The summed E-state index contributed by atoms with van der Waals surface area (Å²) in [5.74, 6) is 1.02. The van der Waals surface area contributed by atoms with Crippen molar-refractivity contribution in [2.24, 2.45) is 0 Å². The molecular weight excluding hydrogens is 329 g/mol. The molecule has 0 bridgehead atoms. The summed E-state index contributed by atoms with van der Waals surface area (Å²) in [4.78, 5) is 13.8. The molecule has 1 saturated heterocycles. The van der Waals surface area contributed by atoms with Gasteiger partial charge in [-0.25, -0.2) is 9.97 Å². The number of H-pyrrole nitrogens is 1. The number of nitrogens with one attached hydrogen (secondary N) is 1. The van der Waals surface area contributed by atoms with Crippen LogP contribution in [0.4, 0.5) is 19.0 Å². The molecule has 0 radical (unpaired) electrons. The maximum absolute atomic E-state index is 12.9. The minimum atomic E-state index is -4.29. The van der Waals surface area contributed by atoms with E-state index in [1.54, 1.807) is 6.07 Å². The Kier molecular flexibility index (Phi) is 3.86. The first-order valence-corrected chi connectivity index (χ1v) is 8.22. The number of fused-ring (bicyclic) bond motifs is 1. The summed E-state index contributed by atoms with van der Waals surface area (Å²) in [5, 5.41) is 0.972. The zero-order chi connectivity index (χ0) is 17.4. The van der Waals surface area contributed by atoms with E-state index in [1.165, 1.54) is 18.5 Å². The second-order valence-electron chi connectivity index (χ2n) is 6.32. The van der Waals surface area contributed by atoms with Crippen molar-refractivity contribution in [1.82, 2.24) is 15.0 Å². The molecule has 0 aliphatic carbocycles. The van der Waals surface area contributed by atoms with Gasteiger partial charge in [0.05, 0.1) is 10.9 Å². The largest absolute Gasteiger partial charge is 0.416 e. The average molecular weight is 346 g/mol. The highest BCUT2D eigenvalue weighted by atomic mass is 19.4. The van der Waals surface area contributed by atoms with Crippen molar-refractivity contribution in [3.05, 3.63) is 54.0 Å². The molecule has 1 aromatic carbocycles. The van der Waals surface area contributed by atoms with E-state index in [-0.39, 0.29) is 5.92 Å². The Morgan fingerprint density at radius 2 is 1.88 bits per heavy atom. The van der Waals surface area contributed by atoms with E-state index in [9.17, 15) is 13.2 Å². The monoisotopic (exact) mass is 346 g/mol. The number of rotatable bonds is 2. The van der Waals surface area contributed by atoms with Gasteiger partial charge in [0.2, 0.25) is 0 Å². The first kappa shape index (κ1) is 15.9. The average Bonchev–Trinajstić information content (AvgIpc) is 3.10. The quantitative estimate of drug-likeness (QED) is 0.750. The Balaban J connectivity index is 1.51. The van der Waals surface area contributed by atoms with Crippen molar-refractivity contribution in [1.29, 1.82) is 0 Å². The molecule has 4 rings (SSSR count). The summed E-state index contributed by atoms with van der Waals surface area (Å²) >= 11 is 0. The van der Waals surface area contributed by atoms with Gasteiger partial charge >= 0.3 is 6.18 Å². The van der Waals surface area contributed by atoms with Gasteiger partial charge in [0, 0.05) is 19.3 Å². The number of halogens is 3. The highest BCUT2D eigenvalue weighted by Gasteiger charge is 2.31. The van der Waals surface area contributed by atoms with E-state index in [2.05, 4.69) is 19.9 Å². The Morgan fingerprint density at radius 1 is 1.08 bits per heavy atom. The van der Waals surface area contributed by atoms with Crippen LogP contribution in [0.15, 0.2) is 42.9 Å². The second-order valence-corrected chi connectivity index (χ2v) is 6.32. The molecule has 3 aromatic rings. The summed E-state index contributed by atoms with van der Waals surface area (Å²) < 4.78 is 38.7. The number of benzene rings is 1. The summed E-state index contributed by atoms with van der Waals surface area (Å²) in [6, 6.07) is 7.66. The Morgan fingerprint density at radius 3 is 2.64 bits per heavy atom. The predicted molar refractivity (Wildman–Crippen MR) is 89.5 cm³/mol. The van der Waals surface area contributed by atoms with Crippen LogP contribution < -0.4 is 4.90 Å². The summed E-state index contributed by atoms with van der Waals surface area (Å²) in [6.45, 7) is 1.52. The van der Waals surface area contributed by atoms with Crippen LogP contribution in [0.5, 0.6) is 0 Å². The molecule has 130 valence electrons. The third-order valence-electron chi connectivity index (χ3n) is 4.81. The van der Waals surface area contributed by atoms with Crippen LogP contribution in [0.1, 0.15) is 29.9 Å². The van der Waals surface area contributed by atoms with Gasteiger partial charge in [-0.1, -0.05) is 18.2 Å². The fourth-order valence-electron chi connectivity index (χ4n) is 3.50. The molecular formula is C18H17F3N4. The summed E-state index contributed by atoms with van der Waals surface area (Å²) in [6.07, 6.45) is 0.678. The molecule has 1 fully saturated rings. The van der Waals surface area contributed by atoms with Crippen LogP contribution in [-0.4, -0.2) is 28.0 Å². The predicted octanol–water partition coefficient (Wildman–Crippen LogP) is 4.36. The molecule has 0 atom stereocenters. The maximum Gasteiger partial charge on any atom is 0.416 e. The molecule has 0 spiro atoms. The van der Waals surface area contributed by atoms with Crippen molar-refractivity contribution < 1.29 is 13.2 Å². The topological polar surface area (TPSA) is 44.8 Å². The van der Waals surface area contributed by atoms with E-state index in [1.807, 2.05) is 12.3 Å². The number of nitrogens with zero attached hydrogens (tertiary/aromatic N) is 3. The van der Waals surface area contributed by atoms with Crippen molar-refractivity contribution in [2.45, 2.75) is 24.9 Å². The Labute approximate surface area is 142 Å². The Hall–Kier alpha value is -2.57. The van der Waals surface area contributed by atoms with Gasteiger partial charge < -0.3 is 9.88 Å². The third kappa shape index (κ3) is 3.06. The van der Waals surface area contributed by atoms with Crippen LogP contribution in [0.2, 0.25) is 0 Å². The molecule has 1 N–H and O–H groups in total. The molecule has 7 heteroatoms. The van der Waals surface area contributed by atoms with E-state index in [4.69, 9.17) is 0 Å². The minimum absolute atomic E-state index is 0.141. The van der Waals surface area contributed by atoms with Gasteiger partial charge in [-0.15, -0.1) is 0 Å². The molecule has 25 heavy (non-hydrogen) atoms. The van der Waals surface area contributed by atoms with Gasteiger partial charge in [-0.3, -0.25) is 0 Å². The van der Waals surface area contributed by atoms with Crippen molar-refractivity contribution in [2.75, 3.05) is 18.0 Å². The van der Waals surface area contributed by atoms with Crippen LogP contribution >= 0.6 is 0 Å². The van der Waals surface area contributed by atoms with Crippen LogP contribution in [0.3, 0.4) is 0 Å². The van der Waals surface area contributed by atoms with E-state index >= 15 is 0 Å². The van der Waals surface area contributed by atoms with Gasteiger partial charge in [0.25, 0.3) is 0 Å². The zero-order valence-corrected chi connectivity index (χ0v) is 13.4. The molecule has 3 heterocycles. The number of aromatic nitrogens is 3. The van der Waals surface area contributed by atoms with Crippen molar-refractivity contribution in [3.8, 4) is 0 Å². The number of anilines is 1. The van der Waals surface area contributed by atoms with Crippen LogP contribution in [0, 0.1) is 0 Å². The standard InChI is InChI=1S/C18H17F3N4/c19-18(20,21)14-3-1-2-13(10-14)12-5-8-25(9-6-12)17-15-4-7-22-16(15)23-11-24-17/h1-4,7,10-12H,5-6,8-9H2,(H,22,23,24). The van der Waals surface area contributed by atoms with E-state index in [0.29, 0.717) is 0 Å². The smallest absolute Gasteiger partial charge is 0.356 e. The summed E-state index contributed by atoms with van der Waals surface area (Å²) in [7, 11) is 0. The number of hydrogen-bond donors (Lipinski definition) is 1. The maximum atomic E-state index is 12.9. The molecule has 4 nitrogen and oxygen atoms in total. The highest BCUT2D eigenvalue weighted by molar-refractivity contribution is 5.87. The molecule has 1 aliphatic heterocycles. The highest BCUT2D eigenvalue weighted by Crippen LogP contribution is 2.35. The van der Waals surface area contributed by atoms with Gasteiger partial charge in [0.1, 0.15) is 17.8 Å². The molecule has 1 aliphatic rings. The lowest BCUT2D eigenvalue weighted by Gasteiger charge is -2.33. The fraction of sp³-hybridized carbons (Fsp3) is 0.333. The Bertz CT molecular complexity index is 879. The van der Waals surface area contributed by atoms with E-state index in [0.717, 1.165) is 54.4 Å². The van der Waals surface area contributed by atoms with Crippen molar-refractivity contribution >= 4 is 16.9 Å². The summed E-state index contributed by atoms with van der Waals surface area (Å²) in [5.41, 5.74) is 0.992. The lowest BCUT2D eigenvalue weighted by atomic mass is 9.88. The SMILES string of the molecule is FC(F)(F)c1cccc(C2CCN(c3ncnc4[nH]ccc34)CC2)c1. The molecule has 0 unspecified atom stereocenters. The first-order valence-electron chi connectivity index (χ1n) is 8.22. The van der Waals surface area contributed by atoms with Crippen LogP contribution in [-0.2, 0) is 6.18 Å². The van der Waals surface area contributed by atoms with E-state index < -0.39 is 11.7 Å². The van der Waals surface area contributed by atoms with Gasteiger partial charge in [-0.05, 0) is 36.5 Å². The van der Waals surface area contributed by atoms with Gasteiger partial charge in [0.15, 0.2) is 0 Å². The minimum Gasteiger partial charge on any atom is -0.356 e. The molecule has 2 aromatic heterocycles. The zero-order valence-electron chi connectivity index (χ0n) is 13.4. The third-order valence-corrected chi connectivity index (χ3v) is 4.81. The first-order chi connectivity index (χ1) is 12.0. The number of piperidine rings is 1. The number of aromatic amines is 1. The number of alkyl halides is 3. The lowest BCUT2D eigenvalue weighted by molar-refractivity contribution is -0.137. The lowest BCUT2D eigenvalue weighted by Crippen LogP contribution is -2.33. The number of hydrogen-bond acceptors (Lipinski definition) is 3. The van der Waals surface area contributed by atoms with Crippen molar-refractivity contribution in [3.63, 3.8) is 0 Å². The fourth-order valence-corrected chi connectivity index (χ4v) is 3.50. The normalized spacial score (nSPS) is 16.5. The molecule has 0 saturated carbocycles. The van der Waals surface area contributed by atoms with Gasteiger partial charge in [-0.2, -0.15) is 13.2 Å². The molecule has 0 amide bonds. The second kappa shape index (κ2) is 6.06.